The van der Waals surface area contributed by atoms with Crippen LogP contribution >= 0.6 is 15.9 Å². The fraction of sp³-hybridized carbons (Fsp3) is 0.750. The first-order valence-electron chi connectivity index (χ1n) is 5.96. The van der Waals surface area contributed by atoms with Gasteiger partial charge in [-0.15, -0.1) is 0 Å². The Bertz CT molecular complexity index is 357. The minimum atomic E-state index is -0.167. The summed E-state index contributed by atoms with van der Waals surface area (Å²) in [5, 5.41) is 4.31. The predicted octanol–water partition coefficient (Wildman–Crippen LogP) is 2.87. The fourth-order valence-corrected chi connectivity index (χ4v) is 2.14. The maximum absolute atomic E-state index is 6.16. The molecule has 0 aromatic carbocycles. The van der Waals surface area contributed by atoms with Crippen molar-refractivity contribution in [2.45, 2.75) is 52.3 Å². The highest BCUT2D eigenvalue weighted by Gasteiger charge is 2.19. The molecule has 1 aromatic rings. The lowest BCUT2D eigenvalue weighted by molar-refractivity contribution is -0.0112. The van der Waals surface area contributed by atoms with E-state index < -0.39 is 0 Å². The predicted molar refractivity (Wildman–Crippen MR) is 72.9 cm³/mol. The van der Waals surface area contributed by atoms with Crippen molar-refractivity contribution < 1.29 is 4.74 Å². The number of ether oxygens (including phenoxy) is 1. The number of hydrogen-bond donors (Lipinski definition) is 1. The molecule has 4 nitrogen and oxygen atoms in total. The molecule has 0 saturated carbocycles. The molecular weight excluding hydrogens is 282 g/mol. The minimum absolute atomic E-state index is 0.155. The molecule has 0 spiro atoms. The molecule has 0 radical (unpaired) electrons. The van der Waals surface area contributed by atoms with E-state index in [9.17, 15) is 0 Å². The third-order valence-corrected chi connectivity index (χ3v) is 2.93. The first-order chi connectivity index (χ1) is 7.85. The Kier molecular flexibility index (Phi) is 5.16. The van der Waals surface area contributed by atoms with Crippen molar-refractivity contribution in [3.8, 4) is 0 Å². The molecular formula is C12H22BrN3O. The third kappa shape index (κ3) is 4.41. The van der Waals surface area contributed by atoms with Crippen LogP contribution in [-0.2, 0) is 11.3 Å². The first-order valence-corrected chi connectivity index (χ1v) is 6.75. The first kappa shape index (κ1) is 14.7. The molecule has 17 heavy (non-hydrogen) atoms. The summed E-state index contributed by atoms with van der Waals surface area (Å²) in [6.07, 6.45) is 2.83. The number of hydrogen-bond acceptors (Lipinski definition) is 3. The SMILES string of the molecule is CCCn1ncc(Br)c1C(N)COC(C)(C)C. The maximum Gasteiger partial charge on any atom is 0.0717 e. The third-order valence-electron chi connectivity index (χ3n) is 2.32. The van der Waals surface area contributed by atoms with Crippen molar-refractivity contribution in [1.82, 2.24) is 9.78 Å². The van der Waals surface area contributed by atoms with E-state index in [0.717, 1.165) is 23.1 Å². The minimum Gasteiger partial charge on any atom is -0.374 e. The van der Waals surface area contributed by atoms with Gasteiger partial charge in [-0.1, -0.05) is 6.92 Å². The normalized spacial score (nSPS) is 14.0. The summed E-state index contributed by atoms with van der Waals surface area (Å²) in [5.74, 6) is 0. The molecule has 0 aliphatic rings. The van der Waals surface area contributed by atoms with Crippen LogP contribution in [0.15, 0.2) is 10.7 Å². The van der Waals surface area contributed by atoms with E-state index >= 15 is 0 Å². The molecule has 0 aliphatic heterocycles. The number of nitrogens with zero attached hydrogens (tertiary/aromatic N) is 2. The molecule has 1 atom stereocenters. The number of aryl methyl sites for hydroxylation is 1. The molecule has 1 rings (SSSR count). The van der Waals surface area contributed by atoms with Crippen LogP contribution in [0.1, 0.15) is 45.9 Å². The van der Waals surface area contributed by atoms with Gasteiger partial charge >= 0.3 is 0 Å². The maximum atomic E-state index is 6.16. The highest BCUT2D eigenvalue weighted by atomic mass is 79.9. The summed E-state index contributed by atoms with van der Waals surface area (Å²) < 4.78 is 8.62. The van der Waals surface area contributed by atoms with Crippen LogP contribution in [0, 0.1) is 0 Å². The lowest BCUT2D eigenvalue weighted by Crippen LogP contribution is -2.28. The Labute approximate surface area is 112 Å². The van der Waals surface area contributed by atoms with Crippen LogP contribution in [0.3, 0.4) is 0 Å². The van der Waals surface area contributed by atoms with E-state index in [2.05, 4.69) is 28.0 Å². The van der Waals surface area contributed by atoms with Crippen molar-refractivity contribution in [1.29, 1.82) is 0 Å². The van der Waals surface area contributed by atoms with Gasteiger partial charge in [-0.3, -0.25) is 4.68 Å². The number of nitrogens with two attached hydrogens (primary N) is 1. The van der Waals surface area contributed by atoms with Crippen molar-refractivity contribution >= 4 is 15.9 Å². The zero-order valence-electron chi connectivity index (χ0n) is 11.0. The number of aromatic nitrogens is 2. The van der Waals surface area contributed by atoms with Gasteiger partial charge in [0.25, 0.3) is 0 Å². The van der Waals surface area contributed by atoms with E-state index in [1.807, 2.05) is 25.5 Å². The molecule has 1 aromatic heterocycles. The van der Waals surface area contributed by atoms with Gasteiger partial charge in [-0.25, -0.2) is 0 Å². The Morgan fingerprint density at radius 3 is 2.71 bits per heavy atom. The summed E-state index contributed by atoms with van der Waals surface area (Å²) in [4.78, 5) is 0. The Balaban J connectivity index is 2.73. The van der Waals surface area contributed by atoms with Crippen molar-refractivity contribution in [3.05, 3.63) is 16.4 Å². The van der Waals surface area contributed by atoms with Crippen molar-refractivity contribution in [2.75, 3.05) is 6.61 Å². The van der Waals surface area contributed by atoms with Gasteiger partial charge in [0.15, 0.2) is 0 Å². The van der Waals surface area contributed by atoms with E-state index in [4.69, 9.17) is 10.5 Å². The molecule has 1 unspecified atom stereocenters. The average Bonchev–Trinajstić information content (AvgIpc) is 2.56. The summed E-state index contributed by atoms with van der Waals surface area (Å²) in [5.41, 5.74) is 7.01. The van der Waals surface area contributed by atoms with Crippen LogP contribution in [0.5, 0.6) is 0 Å². The van der Waals surface area contributed by atoms with Crippen LogP contribution in [0.4, 0.5) is 0 Å². The largest absolute Gasteiger partial charge is 0.374 e. The van der Waals surface area contributed by atoms with Gasteiger partial charge in [0.05, 0.1) is 34.6 Å². The zero-order valence-corrected chi connectivity index (χ0v) is 12.6. The lowest BCUT2D eigenvalue weighted by Gasteiger charge is -2.23. The van der Waals surface area contributed by atoms with Gasteiger partial charge in [0, 0.05) is 6.54 Å². The topological polar surface area (TPSA) is 53.1 Å². The quantitative estimate of drug-likeness (QED) is 0.910. The molecule has 0 amide bonds. The number of rotatable bonds is 5. The molecule has 0 aliphatic carbocycles. The smallest absolute Gasteiger partial charge is 0.0717 e. The van der Waals surface area contributed by atoms with Crippen LogP contribution < -0.4 is 5.73 Å². The lowest BCUT2D eigenvalue weighted by atomic mass is 10.2. The van der Waals surface area contributed by atoms with Crippen LogP contribution in [0.25, 0.3) is 0 Å². The second kappa shape index (κ2) is 5.98. The molecule has 1 heterocycles. The van der Waals surface area contributed by atoms with E-state index in [0.29, 0.717) is 6.61 Å². The average molecular weight is 304 g/mol. The van der Waals surface area contributed by atoms with Crippen molar-refractivity contribution in [2.24, 2.45) is 5.73 Å². The molecule has 0 saturated heterocycles. The van der Waals surface area contributed by atoms with Gasteiger partial charge in [-0.2, -0.15) is 5.10 Å². The zero-order chi connectivity index (χ0) is 13.1. The standard InChI is InChI=1S/C12H22BrN3O/c1-5-6-16-11(9(13)7-15-16)10(14)8-17-12(2,3)4/h7,10H,5-6,8,14H2,1-4H3. The summed E-state index contributed by atoms with van der Waals surface area (Å²) >= 11 is 3.49. The molecule has 2 N–H and O–H groups in total. The number of halogens is 1. The van der Waals surface area contributed by atoms with Gasteiger partial charge < -0.3 is 10.5 Å². The summed E-state index contributed by atoms with van der Waals surface area (Å²) in [7, 11) is 0. The summed E-state index contributed by atoms with van der Waals surface area (Å²) in [6.45, 7) is 9.58. The van der Waals surface area contributed by atoms with Gasteiger partial charge in [0.1, 0.15) is 0 Å². The molecule has 0 fully saturated rings. The Morgan fingerprint density at radius 1 is 1.53 bits per heavy atom. The molecule has 5 heteroatoms. The van der Waals surface area contributed by atoms with Crippen molar-refractivity contribution in [3.63, 3.8) is 0 Å². The molecule has 0 bridgehead atoms. The van der Waals surface area contributed by atoms with E-state index in [1.165, 1.54) is 0 Å². The monoisotopic (exact) mass is 303 g/mol. The van der Waals surface area contributed by atoms with Gasteiger partial charge in [0.2, 0.25) is 0 Å². The summed E-state index contributed by atoms with van der Waals surface area (Å²) in [6, 6.07) is -0.155. The van der Waals surface area contributed by atoms with Crippen LogP contribution in [0.2, 0.25) is 0 Å². The Hall–Kier alpha value is -0.390. The van der Waals surface area contributed by atoms with E-state index in [1.54, 1.807) is 6.20 Å². The highest BCUT2D eigenvalue weighted by Crippen LogP contribution is 2.23. The fourth-order valence-electron chi connectivity index (χ4n) is 1.55. The van der Waals surface area contributed by atoms with Gasteiger partial charge in [-0.05, 0) is 43.1 Å². The van der Waals surface area contributed by atoms with E-state index in [-0.39, 0.29) is 11.6 Å². The second-order valence-electron chi connectivity index (χ2n) is 5.13. The second-order valence-corrected chi connectivity index (χ2v) is 5.99. The molecule has 98 valence electrons. The highest BCUT2D eigenvalue weighted by molar-refractivity contribution is 9.10. The Morgan fingerprint density at radius 2 is 2.18 bits per heavy atom. The van der Waals surface area contributed by atoms with Crippen LogP contribution in [-0.4, -0.2) is 22.0 Å².